The summed E-state index contributed by atoms with van der Waals surface area (Å²) in [7, 11) is 2.02. The zero-order valence-corrected chi connectivity index (χ0v) is 10.7. The van der Waals surface area contributed by atoms with Gasteiger partial charge in [-0.15, -0.1) is 0 Å². The predicted octanol–water partition coefficient (Wildman–Crippen LogP) is 1.82. The standard InChI is InChI=1S/C12H22N4/c1-5-6-16(4)12-14-8-11(9-15-12)7-13-10(2)3/h8-10,13H,5-7H2,1-4H3. The van der Waals surface area contributed by atoms with Gasteiger partial charge in [0.05, 0.1) is 0 Å². The van der Waals surface area contributed by atoms with Crippen molar-refractivity contribution in [1.29, 1.82) is 0 Å². The molecule has 0 amide bonds. The van der Waals surface area contributed by atoms with Gasteiger partial charge in [-0.3, -0.25) is 0 Å². The Morgan fingerprint density at radius 2 is 1.94 bits per heavy atom. The molecule has 4 heteroatoms. The molecular formula is C12H22N4. The smallest absolute Gasteiger partial charge is 0.224 e. The van der Waals surface area contributed by atoms with Gasteiger partial charge in [-0.25, -0.2) is 9.97 Å². The van der Waals surface area contributed by atoms with Gasteiger partial charge in [-0.05, 0) is 6.42 Å². The molecular weight excluding hydrogens is 200 g/mol. The van der Waals surface area contributed by atoms with Gasteiger partial charge >= 0.3 is 0 Å². The average Bonchev–Trinajstić information content (AvgIpc) is 2.27. The molecule has 0 atom stereocenters. The lowest BCUT2D eigenvalue weighted by Crippen LogP contribution is -2.23. The normalized spacial score (nSPS) is 10.8. The van der Waals surface area contributed by atoms with Crippen LogP contribution in [-0.2, 0) is 6.54 Å². The van der Waals surface area contributed by atoms with Crippen molar-refractivity contribution < 1.29 is 0 Å². The maximum Gasteiger partial charge on any atom is 0.224 e. The molecule has 1 aromatic rings. The van der Waals surface area contributed by atoms with E-state index in [9.17, 15) is 0 Å². The molecule has 0 aliphatic carbocycles. The largest absolute Gasteiger partial charge is 0.344 e. The summed E-state index contributed by atoms with van der Waals surface area (Å²) >= 11 is 0. The lowest BCUT2D eigenvalue weighted by atomic mass is 10.3. The maximum atomic E-state index is 4.35. The Bertz CT molecular complexity index is 294. The number of rotatable bonds is 6. The molecule has 90 valence electrons. The van der Waals surface area contributed by atoms with Crippen molar-refractivity contribution in [2.45, 2.75) is 39.8 Å². The monoisotopic (exact) mass is 222 g/mol. The zero-order valence-electron chi connectivity index (χ0n) is 10.7. The second kappa shape index (κ2) is 6.43. The Morgan fingerprint density at radius 1 is 1.31 bits per heavy atom. The molecule has 4 nitrogen and oxygen atoms in total. The SMILES string of the molecule is CCCN(C)c1ncc(CNC(C)C)cn1. The van der Waals surface area contributed by atoms with E-state index in [-0.39, 0.29) is 0 Å². The van der Waals surface area contributed by atoms with Crippen LogP contribution >= 0.6 is 0 Å². The van der Waals surface area contributed by atoms with Crippen molar-refractivity contribution >= 4 is 5.95 Å². The van der Waals surface area contributed by atoms with Gasteiger partial charge in [0.25, 0.3) is 0 Å². The van der Waals surface area contributed by atoms with Crippen molar-refractivity contribution in [2.24, 2.45) is 0 Å². The molecule has 0 unspecified atom stereocenters. The molecule has 0 aliphatic rings. The van der Waals surface area contributed by atoms with E-state index in [1.165, 1.54) is 0 Å². The molecule has 0 saturated heterocycles. The molecule has 0 spiro atoms. The topological polar surface area (TPSA) is 41.1 Å². The first kappa shape index (κ1) is 12.9. The van der Waals surface area contributed by atoms with E-state index < -0.39 is 0 Å². The highest BCUT2D eigenvalue weighted by molar-refractivity contribution is 5.27. The van der Waals surface area contributed by atoms with Crippen LogP contribution in [0.5, 0.6) is 0 Å². The molecule has 0 aromatic carbocycles. The predicted molar refractivity (Wildman–Crippen MR) is 67.6 cm³/mol. The third kappa shape index (κ3) is 4.14. The van der Waals surface area contributed by atoms with Crippen LogP contribution in [-0.4, -0.2) is 29.6 Å². The van der Waals surface area contributed by atoms with Crippen molar-refractivity contribution in [2.75, 3.05) is 18.5 Å². The van der Waals surface area contributed by atoms with E-state index in [4.69, 9.17) is 0 Å². The van der Waals surface area contributed by atoms with Crippen LogP contribution in [0.4, 0.5) is 5.95 Å². The van der Waals surface area contributed by atoms with Crippen molar-refractivity contribution in [3.05, 3.63) is 18.0 Å². The van der Waals surface area contributed by atoms with Crippen LogP contribution in [0.3, 0.4) is 0 Å². The van der Waals surface area contributed by atoms with Crippen molar-refractivity contribution in [1.82, 2.24) is 15.3 Å². The zero-order chi connectivity index (χ0) is 12.0. The summed E-state index contributed by atoms with van der Waals surface area (Å²) in [6.45, 7) is 8.23. The fraction of sp³-hybridized carbons (Fsp3) is 0.667. The quantitative estimate of drug-likeness (QED) is 0.797. The van der Waals surface area contributed by atoms with Gasteiger partial charge in [-0.2, -0.15) is 0 Å². The van der Waals surface area contributed by atoms with Crippen LogP contribution in [0.15, 0.2) is 12.4 Å². The minimum atomic E-state index is 0.488. The van der Waals surface area contributed by atoms with Gasteiger partial charge in [0.1, 0.15) is 0 Å². The molecule has 1 N–H and O–H groups in total. The number of hydrogen-bond acceptors (Lipinski definition) is 4. The minimum absolute atomic E-state index is 0.488. The summed E-state index contributed by atoms with van der Waals surface area (Å²) in [4.78, 5) is 10.8. The molecule has 0 aliphatic heterocycles. The number of nitrogens with zero attached hydrogens (tertiary/aromatic N) is 3. The molecule has 1 heterocycles. The van der Waals surface area contributed by atoms with Crippen molar-refractivity contribution in [3.63, 3.8) is 0 Å². The third-order valence-corrected chi connectivity index (χ3v) is 2.31. The summed E-state index contributed by atoms with van der Waals surface area (Å²) in [5.41, 5.74) is 1.13. The maximum absolute atomic E-state index is 4.35. The van der Waals surface area contributed by atoms with Gasteiger partial charge in [0.15, 0.2) is 0 Å². The fourth-order valence-corrected chi connectivity index (χ4v) is 1.39. The second-order valence-corrected chi connectivity index (χ2v) is 4.35. The first-order chi connectivity index (χ1) is 7.63. The summed E-state index contributed by atoms with van der Waals surface area (Å²) in [6.07, 6.45) is 4.89. The lowest BCUT2D eigenvalue weighted by Gasteiger charge is -2.15. The molecule has 1 aromatic heterocycles. The van der Waals surface area contributed by atoms with Crippen LogP contribution in [0.2, 0.25) is 0 Å². The highest BCUT2D eigenvalue weighted by Crippen LogP contribution is 2.05. The van der Waals surface area contributed by atoms with Crippen LogP contribution in [0.25, 0.3) is 0 Å². The van der Waals surface area contributed by atoms with E-state index in [0.29, 0.717) is 6.04 Å². The summed E-state index contributed by atoms with van der Waals surface area (Å²) in [5.74, 6) is 0.801. The van der Waals surface area contributed by atoms with E-state index >= 15 is 0 Å². The summed E-state index contributed by atoms with van der Waals surface area (Å²) < 4.78 is 0. The molecule has 0 saturated carbocycles. The Hall–Kier alpha value is -1.16. The molecule has 0 radical (unpaired) electrons. The van der Waals surface area contributed by atoms with Crippen LogP contribution in [0.1, 0.15) is 32.8 Å². The highest BCUT2D eigenvalue weighted by atomic mass is 15.2. The summed E-state index contributed by atoms with van der Waals surface area (Å²) in [6, 6.07) is 0.488. The van der Waals surface area contributed by atoms with E-state index in [1.54, 1.807) is 0 Å². The lowest BCUT2D eigenvalue weighted by molar-refractivity contribution is 0.586. The van der Waals surface area contributed by atoms with E-state index in [2.05, 4.69) is 41.0 Å². The number of hydrogen-bond donors (Lipinski definition) is 1. The third-order valence-electron chi connectivity index (χ3n) is 2.31. The van der Waals surface area contributed by atoms with Gasteiger partial charge in [0, 0.05) is 44.1 Å². The fourth-order valence-electron chi connectivity index (χ4n) is 1.39. The Morgan fingerprint density at radius 3 is 2.44 bits per heavy atom. The highest BCUT2D eigenvalue weighted by Gasteiger charge is 2.02. The van der Waals surface area contributed by atoms with E-state index in [1.807, 2.05) is 19.4 Å². The molecule has 1 rings (SSSR count). The Labute approximate surface area is 98.1 Å². The number of aromatic nitrogens is 2. The molecule has 0 fully saturated rings. The second-order valence-electron chi connectivity index (χ2n) is 4.35. The number of anilines is 1. The first-order valence-corrected chi connectivity index (χ1v) is 5.89. The van der Waals surface area contributed by atoms with Gasteiger partial charge in [0.2, 0.25) is 5.95 Å². The van der Waals surface area contributed by atoms with Crippen LogP contribution in [0, 0.1) is 0 Å². The molecule has 0 bridgehead atoms. The first-order valence-electron chi connectivity index (χ1n) is 5.89. The number of nitrogens with one attached hydrogen (secondary N) is 1. The molecule has 16 heavy (non-hydrogen) atoms. The van der Waals surface area contributed by atoms with E-state index in [0.717, 1.165) is 31.0 Å². The van der Waals surface area contributed by atoms with Gasteiger partial charge < -0.3 is 10.2 Å². The van der Waals surface area contributed by atoms with Crippen molar-refractivity contribution in [3.8, 4) is 0 Å². The van der Waals surface area contributed by atoms with Crippen LogP contribution < -0.4 is 10.2 Å². The average molecular weight is 222 g/mol. The minimum Gasteiger partial charge on any atom is -0.344 e. The Kier molecular flexibility index (Phi) is 5.19. The summed E-state index contributed by atoms with van der Waals surface area (Å²) in [5, 5.41) is 3.34. The van der Waals surface area contributed by atoms with Gasteiger partial charge in [-0.1, -0.05) is 20.8 Å². The Balaban J connectivity index is 2.53.